The molecule has 0 aliphatic carbocycles. The van der Waals surface area contributed by atoms with E-state index < -0.39 is 11.9 Å². The Balaban J connectivity index is -0.000000160. The first-order valence-electron chi connectivity index (χ1n) is 4.69. The van der Waals surface area contributed by atoms with Crippen molar-refractivity contribution in [1.82, 2.24) is 0 Å². The van der Waals surface area contributed by atoms with E-state index in [1.165, 1.54) is 0 Å². The summed E-state index contributed by atoms with van der Waals surface area (Å²) in [6, 6.07) is 0. The van der Waals surface area contributed by atoms with Crippen molar-refractivity contribution in [1.29, 1.82) is 0 Å². The Labute approximate surface area is 94.3 Å². The van der Waals surface area contributed by atoms with E-state index in [0.717, 1.165) is 0 Å². The van der Waals surface area contributed by atoms with Crippen LogP contribution < -0.4 is 0 Å². The van der Waals surface area contributed by atoms with E-state index in [1.54, 1.807) is 13.8 Å². The zero-order valence-electron chi connectivity index (χ0n) is 9.55. The van der Waals surface area contributed by atoms with Gasteiger partial charge >= 0.3 is 11.9 Å². The average molecular weight is 240 g/mol. The molecule has 7 nitrogen and oxygen atoms in total. The highest BCUT2D eigenvalue weighted by molar-refractivity contribution is 5.66. The molecule has 16 heavy (non-hydrogen) atoms. The lowest BCUT2D eigenvalue weighted by Crippen LogP contribution is -1.98. The summed E-state index contributed by atoms with van der Waals surface area (Å²) in [5.41, 5.74) is 0. The van der Waals surface area contributed by atoms with Crippen molar-refractivity contribution >= 4 is 11.9 Å². The highest BCUT2D eigenvalue weighted by Crippen LogP contribution is 1.67. The molecule has 0 aromatic carbocycles. The van der Waals surface area contributed by atoms with Gasteiger partial charge in [-0.25, -0.2) is 0 Å². The Kier molecular flexibility index (Phi) is 24.6. The maximum absolute atomic E-state index is 9.37. The van der Waals surface area contributed by atoms with Crippen molar-refractivity contribution < 1.29 is 34.8 Å². The lowest BCUT2D eigenvalue weighted by Gasteiger charge is -1.90. The minimum absolute atomic E-state index is 0.0272. The van der Waals surface area contributed by atoms with Gasteiger partial charge in [0.25, 0.3) is 0 Å². The molecule has 0 saturated heterocycles. The molecule has 0 aromatic rings. The Hall–Kier alpha value is -1.18. The molecule has 0 fully saturated rings. The highest BCUT2D eigenvalue weighted by atomic mass is 16.6. The first-order valence-corrected chi connectivity index (χ1v) is 4.69. The number of carboxylic acid groups (broad SMARTS) is 2. The Bertz CT molecular complexity index is 140. The molecule has 0 saturated carbocycles. The van der Waals surface area contributed by atoms with Crippen molar-refractivity contribution in [2.24, 2.45) is 0 Å². The third kappa shape index (κ3) is 52.9. The number of aliphatic hydroxyl groups excluding tert-OH is 2. The fourth-order valence-corrected chi connectivity index (χ4v) is 0.129. The maximum Gasteiger partial charge on any atom is 0.303 e. The predicted molar refractivity (Wildman–Crippen MR) is 56.0 cm³/mol. The molecule has 0 unspecified atom stereocenters. The summed E-state index contributed by atoms with van der Waals surface area (Å²) in [5.74, 6) is -1.49. The number of hydrogen-bond acceptors (Lipinski definition) is 5. The monoisotopic (exact) mass is 240 g/mol. The van der Waals surface area contributed by atoms with Crippen LogP contribution in [-0.2, 0) is 14.3 Å². The van der Waals surface area contributed by atoms with Crippen LogP contribution in [0.3, 0.4) is 0 Å². The van der Waals surface area contributed by atoms with Crippen LogP contribution in [-0.4, -0.2) is 52.4 Å². The van der Waals surface area contributed by atoms with Crippen molar-refractivity contribution in [3.8, 4) is 0 Å². The van der Waals surface area contributed by atoms with Crippen LogP contribution in [0.15, 0.2) is 0 Å². The second kappa shape index (κ2) is 19.4. The van der Waals surface area contributed by atoms with E-state index in [-0.39, 0.29) is 32.8 Å². The zero-order valence-corrected chi connectivity index (χ0v) is 9.55. The van der Waals surface area contributed by atoms with Crippen molar-refractivity contribution in [2.75, 3.05) is 20.0 Å². The molecule has 0 bridgehead atoms. The molecular weight excluding hydrogens is 220 g/mol. The Morgan fingerprint density at radius 3 is 1.38 bits per heavy atom. The van der Waals surface area contributed by atoms with E-state index in [9.17, 15) is 9.59 Å². The Morgan fingerprint density at radius 1 is 1.00 bits per heavy atom. The van der Waals surface area contributed by atoms with E-state index in [2.05, 4.69) is 4.74 Å². The van der Waals surface area contributed by atoms with Crippen molar-refractivity contribution in [3.05, 3.63) is 0 Å². The van der Waals surface area contributed by atoms with Crippen LogP contribution in [0.25, 0.3) is 0 Å². The standard InChI is InChI=1S/C3H8O3.2C3H6O2/c4-1-2-6-3-5;2*1-2-3(4)5/h4-5H,1-3H2;2*2H2,1H3,(H,4,5). The van der Waals surface area contributed by atoms with Crippen LogP contribution in [0.5, 0.6) is 0 Å². The summed E-state index contributed by atoms with van der Waals surface area (Å²) < 4.78 is 4.29. The van der Waals surface area contributed by atoms with E-state index in [4.69, 9.17) is 20.4 Å². The molecule has 0 aliphatic heterocycles. The van der Waals surface area contributed by atoms with Gasteiger partial charge in [-0.2, -0.15) is 0 Å². The van der Waals surface area contributed by atoms with Crippen LogP contribution >= 0.6 is 0 Å². The van der Waals surface area contributed by atoms with Crippen LogP contribution in [0.4, 0.5) is 0 Å². The van der Waals surface area contributed by atoms with Crippen LogP contribution in [0.1, 0.15) is 26.7 Å². The minimum atomic E-state index is -0.745. The van der Waals surface area contributed by atoms with E-state index in [1.807, 2.05) is 0 Å². The predicted octanol–water partition coefficient (Wildman–Crippen LogP) is -0.0929. The summed E-state index contributed by atoms with van der Waals surface area (Å²) in [7, 11) is 0. The van der Waals surface area contributed by atoms with E-state index in [0.29, 0.717) is 0 Å². The van der Waals surface area contributed by atoms with Gasteiger partial charge < -0.3 is 25.2 Å². The van der Waals surface area contributed by atoms with E-state index >= 15 is 0 Å². The number of aliphatic carboxylic acids is 2. The average Bonchev–Trinajstić information content (AvgIpc) is 2.27. The van der Waals surface area contributed by atoms with Crippen molar-refractivity contribution in [3.63, 3.8) is 0 Å². The van der Waals surface area contributed by atoms with Crippen LogP contribution in [0.2, 0.25) is 0 Å². The molecule has 0 aliphatic rings. The molecular formula is C9H20O7. The maximum atomic E-state index is 9.37. The quantitative estimate of drug-likeness (QED) is 0.391. The second-order valence-corrected chi connectivity index (χ2v) is 2.26. The first-order chi connectivity index (χ1) is 7.45. The highest BCUT2D eigenvalue weighted by Gasteiger charge is 1.81. The molecule has 0 radical (unpaired) electrons. The van der Waals surface area contributed by atoms with Gasteiger partial charge in [0.1, 0.15) is 6.79 Å². The minimum Gasteiger partial charge on any atom is -0.481 e. The molecule has 0 rings (SSSR count). The van der Waals surface area contributed by atoms with Gasteiger partial charge in [-0.15, -0.1) is 0 Å². The van der Waals surface area contributed by atoms with Gasteiger partial charge in [0.15, 0.2) is 0 Å². The molecule has 98 valence electrons. The molecule has 0 atom stereocenters. The Morgan fingerprint density at radius 2 is 1.31 bits per heavy atom. The number of hydrogen-bond donors (Lipinski definition) is 4. The molecule has 0 amide bonds. The van der Waals surface area contributed by atoms with Gasteiger partial charge in [0, 0.05) is 12.8 Å². The number of rotatable bonds is 5. The number of aliphatic hydroxyl groups is 2. The summed E-state index contributed by atoms with van der Waals surface area (Å²) >= 11 is 0. The summed E-state index contributed by atoms with van der Waals surface area (Å²) in [6.45, 7) is 3.09. The van der Waals surface area contributed by atoms with Gasteiger partial charge in [0.05, 0.1) is 13.2 Å². The third-order valence-electron chi connectivity index (χ3n) is 0.932. The van der Waals surface area contributed by atoms with Crippen molar-refractivity contribution in [2.45, 2.75) is 26.7 Å². The van der Waals surface area contributed by atoms with Gasteiger partial charge in [0.2, 0.25) is 0 Å². The fraction of sp³-hybridized carbons (Fsp3) is 0.778. The molecule has 7 heteroatoms. The molecule has 0 spiro atoms. The molecule has 4 N–H and O–H groups in total. The smallest absolute Gasteiger partial charge is 0.303 e. The largest absolute Gasteiger partial charge is 0.481 e. The lowest BCUT2D eigenvalue weighted by atomic mass is 10.5. The molecule has 0 heterocycles. The SMILES string of the molecule is CCC(=O)O.CCC(=O)O.OCCOCO. The second-order valence-electron chi connectivity index (χ2n) is 2.26. The molecule has 0 aromatic heterocycles. The zero-order chi connectivity index (χ0) is 13.4. The van der Waals surface area contributed by atoms with Gasteiger partial charge in [-0.3, -0.25) is 9.59 Å². The lowest BCUT2D eigenvalue weighted by molar-refractivity contribution is -0.137. The number of ether oxygens (including phenoxy) is 1. The first kappa shape index (κ1) is 20.3. The van der Waals surface area contributed by atoms with Gasteiger partial charge in [-0.05, 0) is 0 Å². The fourth-order valence-electron chi connectivity index (χ4n) is 0.129. The summed E-state index contributed by atoms with van der Waals surface area (Å²) in [6.07, 6.45) is 0.444. The topological polar surface area (TPSA) is 124 Å². The third-order valence-corrected chi connectivity index (χ3v) is 0.932. The summed E-state index contributed by atoms with van der Waals surface area (Å²) in [4.78, 5) is 18.7. The van der Waals surface area contributed by atoms with Crippen LogP contribution in [0, 0.1) is 0 Å². The number of carboxylic acids is 2. The summed E-state index contributed by atoms with van der Waals surface area (Å²) in [5, 5.41) is 31.3. The van der Waals surface area contributed by atoms with Gasteiger partial charge in [-0.1, -0.05) is 13.8 Å². The normalized spacial score (nSPS) is 8.00. The number of carbonyl (C=O) groups is 2.